The molecule has 1 rings (SSSR count). The first kappa shape index (κ1) is 7.25. The molecule has 56 valence electrons. The largest absolute Gasteiger partial charge is 0.247 e. The van der Waals surface area contributed by atoms with Gasteiger partial charge in [0.15, 0.2) is 0 Å². The first-order chi connectivity index (χ1) is 4.75. The Morgan fingerprint density at radius 3 is 2.80 bits per heavy atom. The number of nitrogens with zero attached hydrogens (tertiary/aromatic N) is 3. The van der Waals surface area contributed by atoms with Crippen molar-refractivity contribution in [2.45, 2.75) is 33.2 Å². The molecule has 0 saturated carbocycles. The van der Waals surface area contributed by atoms with Crippen LogP contribution < -0.4 is 0 Å². The maximum atomic E-state index is 3.95. The topological polar surface area (TPSA) is 30.7 Å². The normalized spacial score (nSPS) is 13.5. The van der Waals surface area contributed by atoms with Crippen molar-refractivity contribution in [3.63, 3.8) is 0 Å². The van der Waals surface area contributed by atoms with Gasteiger partial charge in [0.25, 0.3) is 0 Å². The summed E-state index contributed by atoms with van der Waals surface area (Å²) in [6.07, 6.45) is 2.89. The molecule has 0 aliphatic heterocycles. The van der Waals surface area contributed by atoms with Gasteiger partial charge in [0, 0.05) is 0 Å². The Kier molecular flexibility index (Phi) is 2.04. The lowest BCUT2D eigenvalue weighted by molar-refractivity contribution is 0.455. The van der Waals surface area contributed by atoms with Crippen molar-refractivity contribution in [2.24, 2.45) is 0 Å². The van der Waals surface area contributed by atoms with Gasteiger partial charge in [-0.2, -0.15) is 0 Å². The quantitative estimate of drug-likeness (QED) is 0.622. The molecule has 0 bridgehead atoms. The van der Waals surface area contributed by atoms with E-state index in [1.807, 2.05) is 11.6 Å². The van der Waals surface area contributed by atoms with Crippen molar-refractivity contribution in [3.05, 3.63) is 11.9 Å². The van der Waals surface area contributed by atoms with Crippen molar-refractivity contribution >= 4 is 0 Å². The fraction of sp³-hybridized carbons (Fsp3) is 0.714. The summed E-state index contributed by atoms with van der Waals surface area (Å²) in [5, 5.41) is 7.76. The zero-order valence-electron chi connectivity index (χ0n) is 6.70. The van der Waals surface area contributed by atoms with Gasteiger partial charge in [-0.25, -0.2) is 4.68 Å². The molecule has 1 unspecified atom stereocenters. The fourth-order valence-electron chi connectivity index (χ4n) is 0.903. The third-order valence-electron chi connectivity index (χ3n) is 1.76. The van der Waals surface area contributed by atoms with E-state index in [1.165, 1.54) is 0 Å². The van der Waals surface area contributed by atoms with Crippen LogP contribution in [0.25, 0.3) is 0 Å². The molecule has 0 spiro atoms. The van der Waals surface area contributed by atoms with Gasteiger partial charge in [-0.15, -0.1) is 5.10 Å². The summed E-state index contributed by atoms with van der Waals surface area (Å²) < 4.78 is 1.94. The van der Waals surface area contributed by atoms with Crippen LogP contribution in [0.2, 0.25) is 0 Å². The second-order valence-electron chi connectivity index (χ2n) is 2.58. The van der Waals surface area contributed by atoms with E-state index >= 15 is 0 Å². The molecular formula is C7H13N3. The van der Waals surface area contributed by atoms with Gasteiger partial charge in [0.2, 0.25) is 0 Å². The first-order valence-electron chi connectivity index (χ1n) is 3.62. The van der Waals surface area contributed by atoms with Crippen molar-refractivity contribution < 1.29 is 0 Å². The minimum absolute atomic E-state index is 0.475. The van der Waals surface area contributed by atoms with Crippen LogP contribution in [0, 0.1) is 6.92 Å². The van der Waals surface area contributed by atoms with E-state index in [1.54, 1.807) is 6.20 Å². The smallest absolute Gasteiger partial charge is 0.0722 e. The van der Waals surface area contributed by atoms with Crippen LogP contribution in [0.15, 0.2) is 6.20 Å². The first-order valence-corrected chi connectivity index (χ1v) is 3.62. The average molecular weight is 139 g/mol. The van der Waals surface area contributed by atoms with E-state index < -0.39 is 0 Å². The Morgan fingerprint density at radius 1 is 1.70 bits per heavy atom. The minimum atomic E-state index is 0.475. The van der Waals surface area contributed by atoms with E-state index in [2.05, 4.69) is 24.2 Å². The number of aromatic nitrogens is 3. The highest BCUT2D eigenvalue weighted by Gasteiger charge is 2.04. The molecule has 0 amide bonds. The summed E-state index contributed by atoms with van der Waals surface area (Å²) >= 11 is 0. The average Bonchev–Trinajstić information content (AvgIpc) is 2.34. The Balaban J connectivity index is 2.82. The van der Waals surface area contributed by atoms with Crippen LogP contribution >= 0.6 is 0 Å². The van der Waals surface area contributed by atoms with E-state index in [0.717, 1.165) is 12.1 Å². The molecule has 0 N–H and O–H groups in total. The molecule has 1 aromatic heterocycles. The summed E-state index contributed by atoms with van der Waals surface area (Å²) in [6, 6.07) is 0.475. The predicted octanol–water partition coefficient (Wildman–Crippen LogP) is 1.56. The second-order valence-corrected chi connectivity index (χ2v) is 2.58. The Bertz CT molecular complexity index is 204. The summed E-state index contributed by atoms with van der Waals surface area (Å²) in [4.78, 5) is 0. The highest BCUT2D eigenvalue weighted by atomic mass is 15.4. The van der Waals surface area contributed by atoms with Crippen LogP contribution in [0.4, 0.5) is 0 Å². The molecule has 0 fully saturated rings. The standard InChI is InChI=1S/C7H13N3/c1-4-6(2)10-7(3)5-8-9-10/h5-6H,4H2,1-3H3. The predicted molar refractivity (Wildman–Crippen MR) is 39.8 cm³/mol. The van der Waals surface area contributed by atoms with Gasteiger partial charge in [0.1, 0.15) is 0 Å². The molecule has 10 heavy (non-hydrogen) atoms. The lowest BCUT2D eigenvalue weighted by Crippen LogP contribution is -2.07. The fourth-order valence-corrected chi connectivity index (χ4v) is 0.903. The van der Waals surface area contributed by atoms with Crippen LogP contribution in [-0.2, 0) is 0 Å². The van der Waals surface area contributed by atoms with Gasteiger partial charge in [0.05, 0.1) is 17.9 Å². The Hall–Kier alpha value is -0.860. The Labute approximate surface area is 61.1 Å². The highest BCUT2D eigenvalue weighted by Crippen LogP contribution is 2.09. The second kappa shape index (κ2) is 2.82. The zero-order chi connectivity index (χ0) is 7.56. The molecule has 0 radical (unpaired) electrons. The van der Waals surface area contributed by atoms with Gasteiger partial charge >= 0.3 is 0 Å². The molecule has 1 heterocycles. The molecule has 1 aromatic rings. The summed E-state index contributed by atoms with van der Waals surface area (Å²) in [5.74, 6) is 0. The third-order valence-corrected chi connectivity index (χ3v) is 1.76. The van der Waals surface area contributed by atoms with Crippen molar-refractivity contribution in [3.8, 4) is 0 Å². The number of aryl methyl sites for hydroxylation is 1. The Morgan fingerprint density at radius 2 is 2.40 bits per heavy atom. The monoisotopic (exact) mass is 139 g/mol. The van der Waals surface area contributed by atoms with E-state index in [9.17, 15) is 0 Å². The minimum Gasteiger partial charge on any atom is -0.247 e. The van der Waals surface area contributed by atoms with Crippen molar-refractivity contribution in [1.82, 2.24) is 15.0 Å². The molecule has 0 aromatic carbocycles. The van der Waals surface area contributed by atoms with E-state index in [0.29, 0.717) is 6.04 Å². The molecule has 0 aliphatic carbocycles. The maximum absolute atomic E-state index is 3.95. The number of rotatable bonds is 2. The number of hydrogen-bond acceptors (Lipinski definition) is 2. The van der Waals surface area contributed by atoms with Crippen LogP contribution in [0.3, 0.4) is 0 Å². The van der Waals surface area contributed by atoms with Gasteiger partial charge in [-0.05, 0) is 20.3 Å². The summed E-state index contributed by atoms with van der Waals surface area (Å²) in [6.45, 7) is 6.31. The number of hydrogen-bond donors (Lipinski definition) is 0. The van der Waals surface area contributed by atoms with Crippen molar-refractivity contribution in [2.75, 3.05) is 0 Å². The van der Waals surface area contributed by atoms with E-state index in [4.69, 9.17) is 0 Å². The SMILES string of the molecule is CCC(C)n1nncc1C. The summed E-state index contributed by atoms with van der Waals surface area (Å²) in [7, 11) is 0. The van der Waals surface area contributed by atoms with Gasteiger partial charge in [-0.1, -0.05) is 12.1 Å². The third kappa shape index (κ3) is 1.17. The van der Waals surface area contributed by atoms with Crippen LogP contribution in [-0.4, -0.2) is 15.0 Å². The lowest BCUT2D eigenvalue weighted by atomic mass is 10.2. The molecule has 0 saturated heterocycles. The van der Waals surface area contributed by atoms with Crippen LogP contribution in [0.5, 0.6) is 0 Å². The molecule has 3 heteroatoms. The maximum Gasteiger partial charge on any atom is 0.0722 e. The van der Waals surface area contributed by atoms with E-state index in [-0.39, 0.29) is 0 Å². The lowest BCUT2D eigenvalue weighted by Gasteiger charge is -2.08. The van der Waals surface area contributed by atoms with Crippen LogP contribution in [0.1, 0.15) is 32.0 Å². The van der Waals surface area contributed by atoms with Gasteiger partial charge in [-0.3, -0.25) is 0 Å². The molecule has 0 aliphatic rings. The molecular weight excluding hydrogens is 126 g/mol. The highest BCUT2D eigenvalue weighted by molar-refractivity contribution is 4.90. The molecule has 3 nitrogen and oxygen atoms in total. The van der Waals surface area contributed by atoms with Crippen molar-refractivity contribution in [1.29, 1.82) is 0 Å². The molecule has 1 atom stereocenters. The zero-order valence-corrected chi connectivity index (χ0v) is 6.70. The van der Waals surface area contributed by atoms with Gasteiger partial charge < -0.3 is 0 Å². The summed E-state index contributed by atoms with van der Waals surface area (Å²) in [5.41, 5.74) is 1.13.